The van der Waals surface area contributed by atoms with Gasteiger partial charge >= 0.3 is 6.18 Å². The van der Waals surface area contributed by atoms with Crippen molar-refractivity contribution in [2.45, 2.75) is 109 Å². The topological polar surface area (TPSA) is 60.7 Å². The maximum absolute atomic E-state index is 13.2. The summed E-state index contributed by atoms with van der Waals surface area (Å²) in [6.07, 6.45) is 1.11. The largest absolute Gasteiger partial charge is 0.419 e. The fourth-order valence-electron chi connectivity index (χ4n) is 9.21. The molecule has 0 bridgehead atoms. The molecular formula is C26H42F4O3. The van der Waals surface area contributed by atoms with Crippen molar-refractivity contribution < 1.29 is 32.9 Å². The predicted molar refractivity (Wildman–Crippen MR) is 118 cm³/mol. The number of alkyl halides is 4. The molecule has 0 amide bonds. The SMILES string of the molecule is CC(CCC(O)(CF)C(F)(F)F)C1CCC2C3C[C@H](O)[C@@H]4C[C@H](O)CCC4(C)C3CCC12C. The van der Waals surface area contributed by atoms with E-state index in [1.165, 1.54) is 0 Å². The first kappa shape index (κ1) is 25.7. The van der Waals surface area contributed by atoms with Crippen LogP contribution in [0.15, 0.2) is 0 Å². The van der Waals surface area contributed by atoms with Gasteiger partial charge in [-0.2, -0.15) is 13.2 Å². The Labute approximate surface area is 195 Å². The van der Waals surface area contributed by atoms with Crippen molar-refractivity contribution in [3.8, 4) is 0 Å². The number of fused-ring (bicyclic) bond motifs is 5. The minimum absolute atomic E-state index is 0.00371. The lowest BCUT2D eigenvalue weighted by molar-refractivity contribution is -0.268. The van der Waals surface area contributed by atoms with Gasteiger partial charge in [-0.15, -0.1) is 0 Å². The van der Waals surface area contributed by atoms with Crippen molar-refractivity contribution in [3.63, 3.8) is 0 Å². The van der Waals surface area contributed by atoms with Crippen LogP contribution >= 0.6 is 0 Å². The molecule has 4 fully saturated rings. The Morgan fingerprint density at radius 1 is 0.909 bits per heavy atom. The minimum atomic E-state index is -4.96. The van der Waals surface area contributed by atoms with Crippen LogP contribution in [0.2, 0.25) is 0 Å². The van der Waals surface area contributed by atoms with Gasteiger partial charge in [0.1, 0.15) is 6.67 Å². The molecule has 4 aliphatic carbocycles. The van der Waals surface area contributed by atoms with Gasteiger partial charge in [-0.1, -0.05) is 20.8 Å². The van der Waals surface area contributed by atoms with E-state index in [1.807, 2.05) is 6.92 Å². The number of aliphatic hydroxyl groups is 3. The molecule has 0 saturated heterocycles. The third-order valence-electron chi connectivity index (χ3n) is 11.2. The maximum Gasteiger partial charge on any atom is 0.419 e. The highest BCUT2D eigenvalue weighted by atomic mass is 19.4. The Morgan fingerprint density at radius 2 is 1.55 bits per heavy atom. The number of halogens is 4. The highest BCUT2D eigenvalue weighted by Crippen LogP contribution is 2.68. The fraction of sp³-hybridized carbons (Fsp3) is 1.00. The highest BCUT2D eigenvalue weighted by Gasteiger charge is 2.62. The van der Waals surface area contributed by atoms with Gasteiger partial charge in [0, 0.05) is 0 Å². The van der Waals surface area contributed by atoms with E-state index >= 15 is 0 Å². The van der Waals surface area contributed by atoms with Gasteiger partial charge in [-0.05, 0) is 111 Å². The molecule has 4 aliphatic rings. The van der Waals surface area contributed by atoms with Crippen LogP contribution in [-0.4, -0.2) is 46.0 Å². The third kappa shape index (κ3) is 4.06. The number of hydrogen-bond donors (Lipinski definition) is 3. The summed E-state index contributed by atoms with van der Waals surface area (Å²) in [6, 6.07) is 0. The molecule has 0 aromatic carbocycles. The van der Waals surface area contributed by atoms with E-state index in [0.29, 0.717) is 24.2 Å². The lowest BCUT2D eigenvalue weighted by atomic mass is 9.43. The van der Waals surface area contributed by atoms with E-state index in [-0.39, 0.29) is 41.1 Å². The average molecular weight is 479 g/mol. The smallest absolute Gasteiger partial charge is 0.393 e. The van der Waals surface area contributed by atoms with E-state index in [2.05, 4.69) is 13.8 Å². The van der Waals surface area contributed by atoms with Crippen LogP contribution < -0.4 is 0 Å². The number of hydrogen-bond acceptors (Lipinski definition) is 3. The lowest BCUT2D eigenvalue weighted by Crippen LogP contribution is -2.58. The minimum Gasteiger partial charge on any atom is -0.393 e. The first-order chi connectivity index (χ1) is 15.3. The van der Waals surface area contributed by atoms with Gasteiger partial charge in [-0.25, -0.2) is 4.39 Å². The zero-order valence-electron chi connectivity index (χ0n) is 20.3. The standard InChI is InChI=1S/C26H42F4O3/c1-15(6-11-25(33,14-27)26(28,29)30)18-4-5-19-17-13-22(32)21-12-16(31)7-9-24(21,3)20(17)8-10-23(18,19)2/h15-22,31-33H,4-14H2,1-3H3/t15?,16-,17?,18?,19?,20?,21+,22+,23?,24?,25?/m1/s1. The number of aliphatic hydroxyl groups excluding tert-OH is 2. The summed E-state index contributed by atoms with van der Waals surface area (Å²) < 4.78 is 52.6. The van der Waals surface area contributed by atoms with Crippen LogP contribution in [0.5, 0.6) is 0 Å². The monoisotopic (exact) mass is 478 g/mol. The molecule has 33 heavy (non-hydrogen) atoms. The van der Waals surface area contributed by atoms with Crippen LogP contribution in [0, 0.1) is 46.3 Å². The second-order valence-electron chi connectivity index (χ2n) is 12.6. The Balaban J connectivity index is 1.49. The molecule has 4 saturated carbocycles. The molecule has 3 N–H and O–H groups in total. The summed E-state index contributed by atoms with van der Waals surface area (Å²) in [5, 5.41) is 31.2. The molecule has 8 unspecified atom stereocenters. The second-order valence-corrected chi connectivity index (χ2v) is 12.6. The Kier molecular flexibility index (Phi) is 6.71. The van der Waals surface area contributed by atoms with Crippen LogP contribution in [0.4, 0.5) is 17.6 Å². The van der Waals surface area contributed by atoms with Crippen LogP contribution in [0.1, 0.15) is 85.0 Å². The van der Waals surface area contributed by atoms with E-state index in [9.17, 15) is 32.9 Å². The molecule has 7 heteroatoms. The van der Waals surface area contributed by atoms with Crippen LogP contribution in [0.25, 0.3) is 0 Å². The van der Waals surface area contributed by atoms with Crippen molar-refractivity contribution in [1.29, 1.82) is 0 Å². The van der Waals surface area contributed by atoms with Crippen molar-refractivity contribution in [2.24, 2.45) is 46.3 Å². The predicted octanol–water partition coefficient (Wildman–Crippen LogP) is 5.66. The quantitative estimate of drug-likeness (QED) is 0.447. The third-order valence-corrected chi connectivity index (χ3v) is 11.2. The van der Waals surface area contributed by atoms with E-state index in [1.54, 1.807) is 0 Å². The van der Waals surface area contributed by atoms with Crippen molar-refractivity contribution in [3.05, 3.63) is 0 Å². The zero-order chi connectivity index (χ0) is 24.4. The molecule has 0 spiro atoms. The molecule has 4 rings (SSSR count). The summed E-state index contributed by atoms with van der Waals surface area (Å²) in [5.74, 6) is 1.72. The van der Waals surface area contributed by atoms with Crippen molar-refractivity contribution in [2.75, 3.05) is 6.67 Å². The van der Waals surface area contributed by atoms with E-state index < -0.39 is 31.0 Å². The first-order valence-electron chi connectivity index (χ1n) is 13.0. The summed E-state index contributed by atoms with van der Waals surface area (Å²) in [6.45, 7) is 4.77. The fourth-order valence-corrected chi connectivity index (χ4v) is 9.21. The van der Waals surface area contributed by atoms with Gasteiger partial charge < -0.3 is 15.3 Å². The highest BCUT2D eigenvalue weighted by molar-refractivity contribution is 5.11. The molecule has 3 nitrogen and oxygen atoms in total. The Morgan fingerprint density at radius 3 is 2.18 bits per heavy atom. The molecule has 192 valence electrons. The van der Waals surface area contributed by atoms with Gasteiger partial charge in [0.2, 0.25) is 0 Å². The Bertz CT molecular complexity index is 716. The molecule has 11 atom stereocenters. The van der Waals surface area contributed by atoms with E-state index in [4.69, 9.17) is 0 Å². The Hall–Kier alpha value is -0.400. The van der Waals surface area contributed by atoms with Gasteiger partial charge in [0.25, 0.3) is 0 Å². The summed E-state index contributed by atoms with van der Waals surface area (Å²) in [5.41, 5.74) is -3.21. The molecule has 0 radical (unpaired) electrons. The maximum atomic E-state index is 13.2. The lowest BCUT2D eigenvalue weighted by Gasteiger charge is -2.62. The summed E-state index contributed by atoms with van der Waals surface area (Å²) in [4.78, 5) is 0. The van der Waals surface area contributed by atoms with E-state index in [0.717, 1.165) is 44.9 Å². The number of rotatable bonds is 5. The normalized spacial score (nSPS) is 48.4. The van der Waals surface area contributed by atoms with Gasteiger partial charge in [0.05, 0.1) is 12.2 Å². The average Bonchev–Trinajstić information content (AvgIpc) is 3.10. The molecule has 0 aromatic rings. The molecule has 0 heterocycles. The van der Waals surface area contributed by atoms with Gasteiger partial charge in [-0.3, -0.25) is 0 Å². The first-order valence-corrected chi connectivity index (χ1v) is 13.0. The summed E-state index contributed by atoms with van der Waals surface area (Å²) in [7, 11) is 0. The van der Waals surface area contributed by atoms with Crippen molar-refractivity contribution >= 4 is 0 Å². The second kappa shape index (κ2) is 8.62. The van der Waals surface area contributed by atoms with Gasteiger partial charge in [0.15, 0.2) is 5.60 Å². The zero-order valence-corrected chi connectivity index (χ0v) is 20.3. The molecule has 0 aliphatic heterocycles. The van der Waals surface area contributed by atoms with Crippen LogP contribution in [-0.2, 0) is 0 Å². The van der Waals surface area contributed by atoms with Crippen molar-refractivity contribution in [1.82, 2.24) is 0 Å². The molecule has 0 aromatic heterocycles. The van der Waals surface area contributed by atoms with Crippen LogP contribution in [0.3, 0.4) is 0 Å². The molecular weight excluding hydrogens is 436 g/mol. The summed E-state index contributed by atoms with van der Waals surface area (Å²) >= 11 is 0.